The minimum absolute atomic E-state index is 0. The zero-order valence-corrected chi connectivity index (χ0v) is 10.1. The quantitative estimate of drug-likeness (QED) is 0.884. The van der Waals surface area contributed by atoms with Crippen LogP contribution in [0.15, 0.2) is 35.4 Å². The standard InChI is InChI=1S/C10H11N3O.2ClH/c11-5-6-13-7-12-9-4-2-1-3-8(9)10(13)14;;/h1-4,7H,5-6,11H2;2*1H. The van der Waals surface area contributed by atoms with Crippen LogP contribution in [0.25, 0.3) is 10.9 Å². The predicted octanol–water partition coefficient (Wildman–Crippen LogP) is 1.20. The molecule has 0 unspecified atom stereocenters. The van der Waals surface area contributed by atoms with Crippen molar-refractivity contribution in [1.82, 2.24) is 9.55 Å². The zero-order chi connectivity index (χ0) is 9.97. The molecule has 6 heteroatoms. The molecule has 16 heavy (non-hydrogen) atoms. The lowest BCUT2D eigenvalue weighted by Crippen LogP contribution is -2.24. The van der Waals surface area contributed by atoms with Gasteiger partial charge in [-0.2, -0.15) is 0 Å². The van der Waals surface area contributed by atoms with Crippen molar-refractivity contribution in [3.05, 3.63) is 40.9 Å². The number of fused-ring (bicyclic) bond motifs is 1. The van der Waals surface area contributed by atoms with Crippen molar-refractivity contribution >= 4 is 35.7 Å². The highest BCUT2D eigenvalue weighted by Crippen LogP contribution is 2.03. The van der Waals surface area contributed by atoms with Crippen molar-refractivity contribution in [3.8, 4) is 0 Å². The topological polar surface area (TPSA) is 60.9 Å². The van der Waals surface area contributed by atoms with Gasteiger partial charge in [0, 0.05) is 13.1 Å². The largest absolute Gasteiger partial charge is 0.329 e. The maximum absolute atomic E-state index is 11.8. The number of hydrogen-bond acceptors (Lipinski definition) is 3. The lowest BCUT2D eigenvalue weighted by molar-refractivity contribution is 0.673. The number of hydrogen-bond donors (Lipinski definition) is 1. The summed E-state index contributed by atoms with van der Waals surface area (Å²) in [6.45, 7) is 0.955. The molecule has 2 aromatic rings. The number of rotatable bonds is 2. The molecule has 0 amide bonds. The molecule has 0 radical (unpaired) electrons. The van der Waals surface area contributed by atoms with Crippen molar-refractivity contribution in [1.29, 1.82) is 0 Å². The van der Waals surface area contributed by atoms with Gasteiger partial charge < -0.3 is 5.73 Å². The number of para-hydroxylation sites is 1. The predicted molar refractivity (Wildman–Crippen MR) is 69.6 cm³/mol. The van der Waals surface area contributed by atoms with Gasteiger partial charge in [0.25, 0.3) is 5.56 Å². The van der Waals surface area contributed by atoms with Crippen LogP contribution in [0.4, 0.5) is 0 Å². The average molecular weight is 262 g/mol. The Kier molecular flexibility index (Phi) is 6.03. The zero-order valence-electron chi connectivity index (χ0n) is 8.50. The first-order chi connectivity index (χ1) is 6.83. The third-order valence-corrected chi connectivity index (χ3v) is 2.10. The molecule has 0 spiro atoms. The molecule has 1 aromatic heterocycles. The smallest absolute Gasteiger partial charge is 0.261 e. The van der Waals surface area contributed by atoms with Gasteiger partial charge in [-0.05, 0) is 12.1 Å². The van der Waals surface area contributed by atoms with Crippen LogP contribution in [-0.2, 0) is 6.54 Å². The van der Waals surface area contributed by atoms with E-state index in [1.54, 1.807) is 6.07 Å². The van der Waals surface area contributed by atoms with Crippen molar-refractivity contribution < 1.29 is 0 Å². The summed E-state index contributed by atoms with van der Waals surface area (Å²) in [4.78, 5) is 16.0. The molecule has 2 rings (SSSR count). The lowest BCUT2D eigenvalue weighted by atomic mass is 10.2. The fourth-order valence-corrected chi connectivity index (χ4v) is 1.40. The first kappa shape index (κ1) is 14.9. The molecule has 0 aliphatic heterocycles. The number of nitrogens with two attached hydrogens (primary N) is 1. The van der Waals surface area contributed by atoms with Crippen molar-refractivity contribution in [2.75, 3.05) is 6.54 Å². The van der Waals surface area contributed by atoms with Crippen LogP contribution in [0.3, 0.4) is 0 Å². The number of nitrogens with zero attached hydrogens (tertiary/aromatic N) is 2. The monoisotopic (exact) mass is 261 g/mol. The molecular formula is C10H13Cl2N3O. The van der Waals surface area contributed by atoms with Gasteiger partial charge in [0.1, 0.15) is 0 Å². The lowest BCUT2D eigenvalue weighted by Gasteiger charge is -2.03. The Morgan fingerprint density at radius 3 is 2.62 bits per heavy atom. The molecular weight excluding hydrogens is 249 g/mol. The molecule has 0 saturated carbocycles. The summed E-state index contributed by atoms with van der Waals surface area (Å²) < 4.78 is 1.53. The number of benzene rings is 1. The van der Waals surface area contributed by atoms with Gasteiger partial charge in [-0.15, -0.1) is 24.8 Å². The van der Waals surface area contributed by atoms with E-state index in [1.165, 1.54) is 10.9 Å². The maximum Gasteiger partial charge on any atom is 0.261 e. The van der Waals surface area contributed by atoms with E-state index in [2.05, 4.69) is 4.98 Å². The first-order valence-corrected chi connectivity index (χ1v) is 4.47. The number of halogens is 2. The van der Waals surface area contributed by atoms with Gasteiger partial charge in [-0.3, -0.25) is 9.36 Å². The second-order valence-electron chi connectivity index (χ2n) is 3.05. The second kappa shape index (κ2) is 6.48. The molecule has 1 aromatic carbocycles. The maximum atomic E-state index is 11.8. The molecule has 4 nitrogen and oxygen atoms in total. The molecule has 0 aliphatic rings. The number of aromatic nitrogens is 2. The summed E-state index contributed by atoms with van der Waals surface area (Å²) in [7, 11) is 0. The van der Waals surface area contributed by atoms with E-state index in [9.17, 15) is 4.79 Å². The summed E-state index contributed by atoms with van der Waals surface area (Å²) in [6.07, 6.45) is 1.54. The highest BCUT2D eigenvalue weighted by Gasteiger charge is 2.01. The van der Waals surface area contributed by atoms with Crippen molar-refractivity contribution in [2.45, 2.75) is 6.54 Å². The summed E-state index contributed by atoms with van der Waals surface area (Å²) in [5.74, 6) is 0. The average Bonchev–Trinajstić information content (AvgIpc) is 2.23. The highest BCUT2D eigenvalue weighted by atomic mass is 35.5. The molecule has 2 N–H and O–H groups in total. The van der Waals surface area contributed by atoms with Gasteiger partial charge in [-0.25, -0.2) is 4.98 Å². The molecule has 88 valence electrons. The van der Waals surface area contributed by atoms with Crippen LogP contribution in [0.1, 0.15) is 0 Å². The van der Waals surface area contributed by atoms with Crippen LogP contribution in [0.2, 0.25) is 0 Å². The van der Waals surface area contributed by atoms with Crippen LogP contribution >= 0.6 is 24.8 Å². The Morgan fingerprint density at radius 1 is 1.25 bits per heavy atom. The molecule has 0 saturated heterocycles. The minimum Gasteiger partial charge on any atom is -0.329 e. The third kappa shape index (κ3) is 2.72. The Balaban J connectivity index is 0.00000112. The molecule has 1 heterocycles. The summed E-state index contributed by atoms with van der Waals surface area (Å²) in [6, 6.07) is 7.29. The van der Waals surface area contributed by atoms with E-state index in [1.807, 2.05) is 18.2 Å². The van der Waals surface area contributed by atoms with Crippen LogP contribution < -0.4 is 11.3 Å². The Morgan fingerprint density at radius 2 is 1.94 bits per heavy atom. The second-order valence-corrected chi connectivity index (χ2v) is 3.05. The fraction of sp³-hybridized carbons (Fsp3) is 0.200. The van der Waals surface area contributed by atoms with E-state index in [4.69, 9.17) is 5.73 Å². The molecule has 0 bridgehead atoms. The molecule has 0 fully saturated rings. The van der Waals surface area contributed by atoms with Crippen LogP contribution in [-0.4, -0.2) is 16.1 Å². The Hall–Kier alpha value is -1.10. The van der Waals surface area contributed by atoms with E-state index in [-0.39, 0.29) is 30.4 Å². The van der Waals surface area contributed by atoms with Gasteiger partial charge in [0.05, 0.1) is 17.2 Å². The molecule has 0 atom stereocenters. The van der Waals surface area contributed by atoms with Crippen molar-refractivity contribution in [3.63, 3.8) is 0 Å². The summed E-state index contributed by atoms with van der Waals surface area (Å²) >= 11 is 0. The van der Waals surface area contributed by atoms with E-state index < -0.39 is 0 Å². The van der Waals surface area contributed by atoms with Gasteiger partial charge >= 0.3 is 0 Å². The van der Waals surface area contributed by atoms with Crippen LogP contribution in [0.5, 0.6) is 0 Å². The van der Waals surface area contributed by atoms with Gasteiger partial charge in [-0.1, -0.05) is 12.1 Å². The van der Waals surface area contributed by atoms with E-state index in [0.29, 0.717) is 18.5 Å². The van der Waals surface area contributed by atoms with E-state index in [0.717, 1.165) is 5.52 Å². The Labute approximate surface area is 105 Å². The normalized spacial score (nSPS) is 9.31. The molecule has 0 aliphatic carbocycles. The third-order valence-electron chi connectivity index (χ3n) is 2.10. The summed E-state index contributed by atoms with van der Waals surface area (Å²) in [5, 5.41) is 0.642. The van der Waals surface area contributed by atoms with Gasteiger partial charge in [0.2, 0.25) is 0 Å². The highest BCUT2D eigenvalue weighted by molar-refractivity contribution is 5.85. The summed E-state index contributed by atoms with van der Waals surface area (Å²) in [5.41, 5.74) is 6.09. The minimum atomic E-state index is -0.0268. The van der Waals surface area contributed by atoms with E-state index >= 15 is 0 Å². The van der Waals surface area contributed by atoms with Gasteiger partial charge in [0.15, 0.2) is 0 Å². The fourth-order valence-electron chi connectivity index (χ4n) is 1.40. The van der Waals surface area contributed by atoms with Crippen molar-refractivity contribution in [2.24, 2.45) is 5.73 Å². The Bertz CT molecular complexity index is 513. The van der Waals surface area contributed by atoms with Crippen LogP contribution in [0, 0.1) is 0 Å². The first-order valence-electron chi connectivity index (χ1n) is 4.47. The SMILES string of the molecule is Cl.Cl.NCCn1cnc2ccccc2c1=O.